The van der Waals surface area contributed by atoms with Gasteiger partial charge in [0.15, 0.2) is 0 Å². The van der Waals surface area contributed by atoms with Crippen LogP contribution in [0.3, 0.4) is 0 Å². The lowest BCUT2D eigenvalue weighted by atomic mass is 10.1. The standard InChI is InChI=1S/C13H18ClNO5S/c1-8-10(12(17)18)5-9(14)6-11(8)21(19,20)15(4)13(2,3)7-16/h5-6,16H,7H2,1-4H3,(H,17,18). The molecule has 2 N–H and O–H groups in total. The SMILES string of the molecule is Cc1c(C(=O)O)cc(Cl)cc1S(=O)(=O)N(C)C(C)(C)CO. The zero-order valence-corrected chi connectivity index (χ0v) is 13.8. The second-order valence-electron chi connectivity index (χ2n) is 5.32. The molecule has 0 heterocycles. The quantitative estimate of drug-likeness (QED) is 0.854. The van der Waals surface area contributed by atoms with Crippen LogP contribution in [-0.4, -0.2) is 48.1 Å². The number of hydrogen-bond acceptors (Lipinski definition) is 4. The Bertz CT molecular complexity index is 669. The zero-order valence-electron chi connectivity index (χ0n) is 12.2. The summed E-state index contributed by atoms with van der Waals surface area (Å²) in [7, 11) is -2.67. The average Bonchev–Trinajstić information content (AvgIpc) is 2.39. The molecule has 0 bridgehead atoms. The molecular weight excluding hydrogens is 318 g/mol. The highest BCUT2D eigenvalue weighted by atomic mass is 35.5. The smallest absolute Gasteiger partial charge is 0.336 e. The van der Waals surface area contributed by atoms with Gasteiger partial charge in [0.2, 0.25) is 10.0 Å². The summed E-state index contributed by atoms with van der Waals surface area (Å²) in [5.41, 5.74) is -1.10. The van der Waals surface area contributed by atoms with Crippen molar-refractivity contribution < 1.29 is 23.4 Å². The number of carboxylic acids is 1. The third kappa shape index (κ3) is 3.37. The molecule has 0 fully saturated rings. The fourth-order valence-corrected chi connectivity index (χ4v) is 3.78. The molecule has 0 amide bonds. The van der Waals surface area contributed by atoms with E-state index >= 15 is 0 Å². The third-order valence-corrected chi connectivity index (χ3v) is 5.85. The van der Waals surface area contributed by atoms with Crippen LogP contribution in [0.25, 0.3) is 0 Å². The van der Waals surface area contributed by atoms with Gasteiger partial charge in [-0.05, 0) is 38.5 Å². The molecule has 1 aromatic carbocycles. The van der Waals surface area contributed by atoms with E-state index in [0.717, 1.165) is 4.31 Å². The van der Waals surface area contributed by atoms with E-state index < -0.39 is 21.5 Å². The summed E-state index contributed by atoms with van der Waals surface area (Å²) in [6, 6.07) is 2.41. The number of rotatable bonds is 5. The van der Waals surface area contributed by atoms with Crippen LogP contribution in [0.15, 0.2) is 17.0 Å². The number of likely N-dealkylation sites (N-methyl/N-ethyl adjacent to an activating group) is 1. The second kappa shape index (κ2) is 5.92. The lowest BCUT2D eigenvalue weighted by Gasteiger charge is -2.33. The molecule has 0 saturated carbocycles. The number of aliphatic hydroxyl groups is 1. The first kappa shape index (κ1) is 17.9. The van der Waals surface area contributed by atoms with E-state index in [1.807, 2.05) is 0 Å². The predicted molar refractivity (Wildman–Crippen MR) is 79.3 cm³/mol. The van der Waals surface area contributed by atoms with E-state index in [4.69, 9.17) is 16.7 Å². The Morgan fingerprint density at radius 3 is 2.33 bits per heavy atom. The van der Waals surface area contributed by atoms with Crippen LogP contribution >= 0.6 is 11.6 Å². The maximum absolute atomic E-state index is 12.6. The van der Waals surface area contributed by atoms with Crippen molar-refractivity contribution in [3.8, 4) is 0 Å². The van der Waals surface area contributed by atoms with Gasteiger partial charge in [0, 0.05) is 12.1 Å². The Balaban J connectivity index is 3.57. The van der Waals surface area contributed by atoms with E-state index in [2.05, 4.69) is 0 Å². The molecule has 118 valence electrons. The fraction of sp³-hybridized carbons (Fsp3) is 0.462. The highest BCUT2D eigenvalue weighted by molar-refractivity contribution is 7.89. The number of carboxylic acid groups (broad SMARTS) is 1. The van der Waals surface area contributed by atoms with Gasteiger partial charge in [-0.15, -0.1) is 0 Å². The minimum absolute atomic E-state index is 0.0202. The largest absolute Gasteiger partial charge is 0.478 e. The number of carbonyl (C=O) groups is 1. The van der Waals surface area contributed by atoms with Gasteiger partial charge in [0.05, 0.1) is 22.6 Å². The number of hydrogen-bond donors (Lipinski definition) is 2. The summed E-state index contributed by atoms with van der Waals surface area (Å²) in [4.78, 5) is 11.0. The summed E-state index contributed by atoms with van der Waals surface area (Å²) in [5.74, 6) is -1.25. The number of halogens is 1. The molecule has 0 aromatic heterocycles. The zero-order chi connectivity index (χ0) is 16.6. The van der Waals surface area contributed by atoms with E-state index in [1.54, 1.807) is 13.8 Å². The summed E-state index contributed by atoms with van der Waals surface area (Å²) in [6.45, 7) is 4.14. The maximum atomic E-state index is 12.6. The first-order chi connectivity index (χ1) is 9.45. The van der Waals surface area contributed by atoms with Crippen molar-refractivity contribution in [3.63, 3.8) is 0 Å². The lowest BCUT2D eigenvalue weighted by molar-refractivity contribution is 0.0695. The molecule has 1 rings (SSSR count). The third-order valence-electron chi connectivity index (χ3n) is 3.43. The molecule has 0 aliphatic heterocycles. The molecule has 0 atom stereocenters. The highest BCUT2D eigenvalue weighted by Crippen LogP contribution is 2.29. The summed E-state index contributed by atoms with van der Waals surface area (Å²) in [5, 5.41) is 18.5. The van der Waals surface area contributed by atoms with Gasteiger partial charge in [0.25, 0.3) is 0 Å². The van der Waals surface area contributed by atoms with Gasteiger partial charge >= 0.3 is 5.97 Å². The monoisotopic (exact) mass is 335 g/mol. The summed E-state index contributed by atoms with van der Waals surface area (Å²) < 4.78 is 26.3. The van der Waals surface area contributed by atoms with Crippen molar-refractivity contribution in [1.82, 2.24) is 4.31 Å². The predicted octanol–water partition coefficient (Wildman–Crippen LogP) is 1.74. The van der Waals surface area contributed by atoms with E-state index in [9.17, 15) is 18.3 Å². The van der Waals surface area contributed by atoms with Crippen LogP contribution in [0.2, 0.25) is 5.02 Å². The Morgan fingerprint density at radius 1 is 1.38 bits per heavy atom. The fourth-order valence-electron chi connectivity index (χ4n) is 1.72. The second-order valence-corrected chi connectivity index (χ2v) is 7.70. The van der Waals surface area contributed by atoms with E-state index in [1.165, 1.54) is 26.1 Å². The van der Waals surface area contributed by atoms with Crippen molar-refractivity contribution in [1.29, 1.82) is 0 Å². The average molecular weight is 336 g/mol. The van der Waals surface area contributed by atoms with E-state index in [-0.39, 0.29) is 27.7 Å². The number of nitrogens with zero attached hydrogens (tertiary/aromatic N) is 1. The molecule has 6 nitrogen and oxygen atoms in total. The molecule has 0 spiro atoms. The van der Waals surface area contributed by atoms with Crippen LogP contribution in [0.5, 0.6) is 0 Å². The number of benzene rings is 1. The summed E-state index contributed by atoms with van der Waals surface area (Å²) in [6.07, 6.45) is 0. The van der Waals surface area contributed by atoms with Crippen molar-refractivity contribution in [2.24, 2.45) is 0 Å². The van der Waals surface area contributed by atoms with Gasteiger partial charge in [-0.3, -0.25) is 0 Å². The van der Waals surface area contributed by atoms with E-state index in [0.29, 0.717) is 0 Å². The van der Waals surface area contributed by atoms with Gasteiger partial charge in [0.1, 0.15) is 0 Å². The molecule has 0 radical (unpaired) electrons. The maximum Gasteiger partial charge on any atom is 0.336 e. The number of sulfonamides is 1. The Kier molecular flexibility index (Phi) is 5.05. The summed E-state index contributed by atoms with van der Waals surface area (Å²) >= 11 is 5.83. The molecule has 1 aromatic rings. The van der Waals surface area contributed by atoms with Crippen molar-refractivity contribution in [2.45, 2.75) is 31.2 Å². The van der Waals surface area contributed by atoms with Crippen LogP contribution < -0.4 is 0 Å². The number of aromatic carboxylic acids is 1. The number of aliphatic hydroxyl groups excluding tert-OH is 1. The first-order valence-electron chi connectivity index (χ1n) is 6.08. The normalized spacial score (nSPS) is 12.7. The van der Waals surface area contributed by atoms with Crippen LogP contribution in [0, 0.1) is 6.92 Å². The van der Waals surface area contributed by atoms with Gasteiger partial charge in [-0.2, -0.15) is 4.31 Å². The van der Waals surface area contributed by atoms with Gasteiger partial charge in [-0.1, -0.05) is 11.6 Å². The molecular formula is C13H18ClNO5S. The van der Waals surface area contributed by atoms with Gasteiger partial charge < -0.3 is 10.2 Å². The van der Waals surface area contributed by atoms with Crippen molar-refractivity contribution >= 4 is 27.6 Å². The molecule has 0 aliphatic carbocycles. The minimum Gasteiger partial charge on any atom is -0.478 e. The highest BCUT2D eigenvalue weighted by Gasteiger charge is 2.35. The first-order valence-corrected chi connectivity index (χ1v) is 7.90. The van der Waals surface area contributed by atoms with Crippen molar-refractivity contribution in [3.05, 3.63) is 28.3 Å². The van der Waals surface area contributed by atoms with Crippen LogP contribution in [-0.2, 0) is 10.0 Å². The molecule has 0 unspecified atom stereocenters. The Hall–Kier alpha value is -1.15. The molecule has 21 heavy (non-hydrogen) atoms. The topological polar surface area (TPSA) is 94.9 Å². The van der Waals surface area contributed by atoms with Gasteiger partial charge in [-0.25, -0.2) is 13.2 Å². The van der Waals surface area contributed by atoms with Crippen LogP contribution in [0.4, 0.5) is 0 Å². The Labute approximate surface area is 129 Å². The molecule has 0 aliphatic rings. The lowest BCUT2D eigenvalue weighted by Crippen LogP contribution is -2.47. The minimum atomic E-state index is -3.99. The Morgan fingerprint density at radius 2 is 1.90 bits per heavy atom. The molecule has 8 heteroatoms. The van der Waals surface area contributed by atoms with Crippen molar-refractivity contribution in [2.75, 3.05) is 13.7 Å². The molecule has 0 saturated heterocycles. The van der Waals surface area contributed by atoms with Crippen LogP contribution in [0.1, 0.15) is 29.8 Å².